The molecule has 3 rings (SSSR count). The van der Waals surface area contributed by atoms with Gasteiger partial charge in [-0.05, 0) is 59.5 Å². The Kier molecular flexibility index (Phi) is 4.18. The van der Waals surface area contributed by atoms with E-state index < -0.39 is 10.0 Å². The highest BCUT2D eigenvalue weighted by atomic mass is 32.2. The third kappa shape index (κ3) is 3.40. The molecule has 126 valence electrons. The Morgan fingerprint density at radius 3 is 2.48 bits per heavy atom. The number of aromatic nitrogens is 2. The van der Waals surface area contributed by atoms with Crippen LogP contribution in [0.1, 0.15) is 46.5 Å². The molecule has 7 heteroatoms. The summed E-state index contributed by atoms with van der Waals surface area (Å²) in [5.74, 6) is 0.645. The predicted molar refractivity (Wildman–Crippen MR) is 87.3 cm³/mol. The van der Waals surface area contributed by atoms with Gasteiger partial charge in [-0.2, -0.15) is 0 Å². The lowest BCUT2D eigenvalue weighted by molar-refractivity contribution is 0.166. The first-order chi connectivity index (χ1) is 10.8. The lowest BCUT2D eigenvalue weighted by Gasteiger charge is -2.37. The standard InChI is InChI=1S/C16H23N3O3S/c1-16(2,3)11-7-9-12(10-8-11)19-23(20,21)14-6-4-5-13-15(14)18-22-17-13/h4-6,11-12,19H,7-10H2,1-3H3. The van der Waals surface area contributed by atoms with Crippen LogP contribution in [0.2, 0.25) is 0 Å². The predicted octanol–water partition coefficient (Wildman–Crippen LogP) is 3.11. The van der Waals surface area contributed by atoms with Gasteiger partial charge in [0.1, 0.15) is 10.4 Å². The fourth-order valence-corrected chi connectivity index (χ4v) is 4.81. The van der Waals surface area contributed by atoms with E-state index in [0.717, 1.165) is 25.7 Å². The molecule has 1 aliphatic rings. The van der Waals surface area contributed by atoms with Gasteiger partial charge in [0.2, 0.25) is 10.0 Å². The SMILES string of the molecule is CC(C)(C)C1CCC(NS(=O)(=O)c2cccc3nonc23)CC1. The summed E-state index contributed by atoms with van der Waals surface area (Å²) in [6.45, 7) is 6.75. The maximum absolute atomic E-state index is 12.7. The molecule has 1 aromatic heterocycles. The van der Waals surface area contributed by atoms with Crippen molar-refractivity contribution in [1.29, 1.82) is 0 Å². The van der Waals surface area contributed by atoms with E-state index in [0.29, 0.717) is 11.4 Å². The molecular weight excluding hydrogens is 314 g/mol. The molecule has 0 spiro atoms. The van der Waals surface area contributed by atoms with Gasteiger partial charge in [0, 0.05) is 6.04 Å². The third-order valence-corrected chi connectivity index (χ3v) is 6.36. The van der Waals surface area contributed by atoms with Crippen molar-refractivity contribution in [3.05, 3.63) is 18.2 Å². The zero-order valence-electron chi connectivity index (χ0n) is 13.7. The highest BCUT2D eigenvalue weighted by Crippen LogP contribution is 2.38. The largest absolute Gasteiger partial charge is 0.243 e. The third-order valence-electron chi connectivity index (χ3n) is 4.81. The summed E-state index contributed by atoms with van der Waals surface area (Å²) in [5, 5.41) is 7.42. The summed E-state index contributed by atoms with van der Waals surface area (Å²) < 4.78 is 32.8. The number of nitrogens with one attached hydrogen (secondary N) is 1. The van der Waals surface area contributed by atoms with Crippen LogP contribution in [0.15, 0.2) is 27.7 Å². The van der Waals surface area contributed by atoms with Crippen molar-refractivity contribution in [2.45, 2.75) is 57.4 Å². The van der Waals surface area contributed by atoms with E-state index in [1.165, 1.54) is 6.07 Å². The Labute approximate surface area is 136 Å². The number of nitrogens with zero attached hydrogens (tertiary/aromatic N) is 2. The number of rotatable bonds is 3. The normalized spacial score (nSPS) is 23.3. The van der Waals surface area contributed by atoms with Crippen LogP contribution in [-0.2, 0) is 10.0 Å². The van der Waals surface area contributed by atoms with Crippen molar-refractivity contribution >= 4 is 21.1 Å². The van der Waals surface area contributed by atoms with Crippen LogP contribution in [0, 0.1) is 11.3 Å². The Morgan fingerprint density at radius 1 is 1.13 bits per heavy atom. The molecule has 1 saturated carbocycles. The Morgan fingerprint density at radius 2 is 1.83 bits per heavy atom. The Hall–Kier alpha value is -1.47. The van der Waals surface area contributed by atoms with Crippen molar-refractivity contribution in [3.8, 4) is 0 Å². The summed E-state index contributed by atoms with van der Waals surface area (Å²) in [6.07, 6.45) is 3.83. The molecular formula is C16H23N3O3S. The molecule has 1 N–H and O–H groups in total. The Balaban J connectivity index is 1.74. The lowest BCUT2D eigenvalue weighted by Crippen LogP contribution is -2.39. The van der Waals surface area contributed by atoms with Gasteiger partial charge in [-0.1, -0.05) is 26.8 Å². The minimum absolute atomic E-state index is 0.0197. The van der Waals surface area contributed by atoms with Gasteiger partial charge in [0.15, 0.2) is 5.52 Å². The highest BCUT2D eigenvalue weighted by molar-refractivity contribution is 7.89. The second-order valence-electron chi connectivity index (χ2n) is 7.42. The monoisotopic (exact) mass is 337 g/mol. The van der Waals surface area contributed by atoms with Gasteiger partial charge < -0.3 is 0 Å². The molecule has 6 nitrogen and oxygen atoms in total. The van der Waals surface area contributed by atoms with Crippen LogP contribution in [0.4, 0.5) is 0 Å². The molecule has 0 unspecified atom stereocenters. The Bertz CT molecular complexity index is 784. The second kappa shape index (κ2) is 5.87. The van der Waals surface area contributed by atoms with Crippen molar-refractivity contribution in [1.82, 2.24) is 15.0 Å². The average Bonchev–Trinajstić information content (AvgIpc) is 2.94. The maximum atomic E-state index is 12.7. The molecule has 0 atom stereocenters. The molecule has 0 bridgehead atoms. The molecule has 1 aliphatic carbocycles. The van der Waals surface area contributed by atoms with Gasteiger partial charge in [-0.25, -0.2) is 17.8 Å². The minimum atomic E-state index is -3.62. The molecule has 1 heterocycles. The molecule has 0 amide bonds. The van der Waals surface area contributed by atoms with Gasteiger partial charge >= 0.3 is 0 Å². The first-order valence-corrected chi connectivity index (χ1v) is 9.49. The minimum Gasteiger partial charge on any atom is -0.243 e. The first-order valence-electron chi connectivity index (χ1n) is 8.01. The smallest absolute Gasteiger partial charge is 0.243 e. The number of sulfonamides is 1. The number of hydrogen-bond acceptors (Lipinski definition) is 5. The van der Waals surface area contributed by atoms with E-state index in [1.54, 1.807) is 12.1 Å². The quantitative estimate of drug-likeness (QED) is 0.930. The van der Waals surface area contributed by atoms with Crippen molar-refractivity contribution in [2.24, 2.45) is 11.3 Å². The fraction of sp³-hybridized carbons (Fsp3) is 0.625. The summed E-state index contributed by atoms with van der Waals surface area (Å²) in [7, 11) is -3.62. The zero-order valence-corrected chi connectivity index (χ0v) is 14.6. The first kappa shape index (κ1) is 16.4. The van der Waals surface area contributed by atoms with E-state index in [9.17, 15) is 8.42 Å². The molecule has 2 aromatic rings. The molecule has 0 saturated heterocycles. The van der Waals surface area contributed by atoms with Crippen LogP contribution in [0.5, 0.6) is 0 Å². The fourth-order valence-electron chi connectivity index (χ4n) is 3.36. The molecule has 1 fully saturated rings. The second-order valence-corrected chi connectivity index (χ2v) is 9.11. The van der Waals surface area contributed by atoms with Gasteiger partial charge in [0.25, 0.3) is 0 Å². The summed E-state index contributed by atoms with van der Waals surface area (Å²) in [4.78, 5) is 0.134. The van der Waals surface area contributed by atoms with E-state index in [-0.39, 0.29) is 21.9 Å². The average molecular weight is 337 g/mol. The molecule has 0 aliphatic heterocycles. The summed E-state index contributed by atoms with van der Waals surface area (Å²) >= 11 is 0. The van der Waals surface area contributed by atoms with Crippen LogP contribution >= 0.6 is 0 Å². The van der Waals surface area contributed by atoms with E-state index >= 15 is 0 Å². The highest BCUT2D eigenvalue weighted by Gasteiger charge is 2.32. The number of hydrogen-bond donors (Lipinski definition) is 1. The van der Waals surface area contributed by atoms with Crippen molar-refractivity contribution in [2.75, 3.05) is 0 Å². The van der Waals surface area contributed by atoms with Crippen molar-refractivity contribution in [3.63, 3.8) is 0 Å². The molecule has 0 radical (unpaired) electrons. The number of fused-ring (bicyclic) bond motifs is 1. The lowest BCUT2D eigenvalue weighted by atomic mass is 9.71. The zero-order chi connectivity index (χ0) is 16.7. The van der Waals surface area contributed by atoms with Gasteiger partial charge in [-0.15, -0.1) is 0 Å². The topological polar surface area (TPSA) is 85.1 Å². The van der Waals surface area contributed by atoms with Crippen LogP contribution in [0.25, 0.3) is 11.0 Å². The van der Waals surface area contributed by atoms with E-state index in [1.807, 2.05) is 0 Å². The van der Waals surface area contributed by atoms with Crippen LogP contribution in [0.3, 0.4) is 0 Å². The number of benzene rings is 1. The van der Waals surface area contributed by atoms with E-state index in [4.69, 9.17) is 0 Å². The maximum Gasteiger partial charge on any atom is 0.243 e. The molecule has 23 heavy (non-hydrogen) atoms. The van der Waals surface area contributed by atoms with E-state index in [2.05, 4.69) is 40.4 Å². The van der Waals surface area contributed by atoms with Gasteiger partial charge in [0.05, 0.1) is 0 Å². The van der Waals surface area contributed by atoms with Crippen LogP contribution < -0.4 is 4.72 Å². The molecule has 1 aromatic carbocycles. The van der Waals surface area contributed by atoms with Crippen molar-refractivity contribution < 1.29 is 13.0 Å². The summed E-state index contributed by atoms with van der Waals surface area (Å²) in [6, 6.07) is 4.85. The van der Waals surface area contributed by atoms with Gasteiger partial charge in [-0.3, -0.25) is 0 Å². The summed E-state index contributed by atoms with van der Waals surface area (Å²) in [5.41, 5.74) is 1.01. The van der Waals surface area contributed by atoms with Crippen LogP contribution in [-0.4, -0.2) is 24.8 Å².